The van der Waals surface area contributed by atoms with Crippen LogP contribution < -0.4 is 10.6 Å². The second-order valence-electron chi connectivity index (χ2n) is 7.40. The summed E-state index contributed by atoms with van der Waals surface area (Å²) in [5, 5.41) is 23.7. The minimum absolute atomic E-state index is 0.0219. The standard InChI is InChI=1S/C21H26BN3O5/c1-14(2)12-17(19(26)22(29)30)24-21(28)18(13-15-8-4-3-5-9-15)25-20(27)16-10-6-7-11-23-16/h3-11,14,17-18,29-30H,12-13H2,1-2H3,(H,24,28)(H,25,27)/t17-,18-/m0/s1. The Morgan fingerprint density at radius 1 is 0.967 bits per heavy atom. The summed E-state index contributed by atoms with van der Waals surface area (Å²) in [4.78, 5) is 41.6. The molecular weight excluding hydrogens is 385 g/mol. The summed E-state index contributed by atoms with van der Waals surface area (Å²) >= 11 is 0. The van der Waals surface area contributed by atoms with Crippen LogP contribution in [0.5, 0.6) is 0 Å². The van der Waals surface area contributed by atoms with Gasteiger partial charge in [-0.2, -0.15) is 0 Å². The van der Waals surface area contributed by atoms with Gasteiger partial charge < -0.3 is 25.5 Å². The molecule has 158 valence electrons. The van der Waals surface area contributed by atoms with Crippen molar-refractivity contribution in [3.05, 3.63) is 66.0 Å². The molecule has 2 rings (SSSR count). The van der Waals surface area contributed by atoms with E-state index in [4.69, 9.17) is 0 Å². The van der Waals surface area contributed by atoms with Crippen LogP contribution in [0.15, 0.2) is 54.7 Å². The van der Waals surface area contributed by atoms with Crippen molar-refractivity contribution in [3.63, 3.8) is 0 Å². The Bertz CT molecular complexity index is 846. The molecule has 0 spiro atoms. The third-order valence-corrected chi connectivity index (χ3v) is 4.42. The molecule has 2 aromatic rings. The Balaban J connectivity index is 2.21. The lowest BCUT2D eigenvalue weighted by Crippen LogP contribution is -2.55. The first-order valence-corrected chi connectivity index (χ1v) is 9.74. The van der Waals surface area contributed by atoms with E-state index in [-0.39, 0.29) is 24.5 Å². The number of carbonyl (C=O) groups excluding carboxylic acids is 3. The van der Waals surface area contributed by atoms with Crippen LogP contribution >= 0.6 is 0 Å². The van der Waals surface area contributed by atoms with Gasteiger partial charge in [-0.25, -0.2) is 0 Å². The summed E-state index contributed by atoms with van der Waals surface area (Å²) in [5.74, 6) is -1.10. The Hall–Kier alpha value is -3.04. The first-order valence-electron chi connectivity index (χ1n) is 9.74. The minimum atomic E-state index is -2.19. The lowest BCUT2D eigenvalue weighted by atomic mass is 9.77. The van der Waals surface area contributed by atoms with E-state index in [1.807, 2.05) is 44.2 Å². The maximum absolute atomic E-state index is 13.0. The van der Waals surface area contributed by atoms with Crippen molar-refractivity contribution in [1.82, 2.24) is 15.6 Å². The highest BCUT2D eigenvalue weighted by Gasteiger charge is 2.33. The van der Waals surface area contributed by atoms with Crippen molar-refractivity contribution < 1.29 is 24.4 Å². The molecule has 4 N–H and O–H groups in total. The highest BCUT2D eigenvalue weighted by atomic mass is 16.4. The molecule has 0 fully saturated rings. The first kappa shape index (κ1) is 23.2. The maximum atomic E-state index is 13.0. The predicted octanol–water partition coefficient (Wildman–Crippen LogP) is 0.535. The summed E-state index contributed by atoms with van der Waals surface area (Å²) in [6.07, 6.45) is 1.89. The zero-order valence-electron chi connectivity index (χ0n) is 17.0. The molecule has 1 aromatic carbocycles. The second-order valence-corrected chi connectivity index (χ2v) is 7.40. The molecule has 0 unspecified atom stereocenters. The normalized spacial score (nSPS) is 12.7. The number of carbonyl (C=O) groups is 3. The average molecular weight is 411 g/mol. The highest BCUT2D eigenvalue weighted by Crippen LogP contribution is 2.09. The van der Waals surface area contributed by atoms with Crippen molar-refractivity contribution in [3.8, 4) is 0 Å². The fourth-order valence-corrected chi connectivity index (χ4v) is 2.96. The highest BCUT2D eigenvalue weighted by molar-refractivity contribution is 6.79. The van der Waals surface area contributed by atoms with Crippen LogP contribution in [-0.2, 0) is 16.0 Å². The number of hydrogen-bond donors (Lipinski definition) is 4. The van der Waals surface area contributed by atoms with Crippen molar-refractivity contribution in [2.45, 2.75) is 38.8 Å². The summed E-state index contributed by atoms with van der Waals surface area (Å²) in [6, 6.07) is 11.9. The van der Waals surface area contributed by atoms with E-state index in [9.17, 15) is 24.4 Å². The fraction of sp³-hybridized carbons (Fsp3) is 0.333. The molecule has 0 saturated carbocycles. The predicted molar refractivity (Wildman–Crippen MR) is 112 cm³/mol. The third kappa shape index (κ3) is 7.09. The molecule has 0 saturated heterocycles. The number of pyridine rings is 1. The smallest absolute Gasteiger partial charge is 0.421 e. The number of aromatic nitrogens is 1. The molecule has 0 radical (unpaired) electrons. The van der Waals surface area contributed by atoms with Gasteiger partial charge in [0.05, 0.1) is 6.04 Å². The molecule has 0 bridgehead atoms. The molecule has 1 heterocycles. The lowest BCUT2D eigenvalue weighted by molar-refractivity contribution is -0.127. The third-order valence-electron chi connectivity index (χ3n) is 4.42. The summed E-state index contributed by atoms with van der Waals surface area (Å²) in [6.45, 7) is 3.70. The number of nitrogens with zero attached hydrogens (tertiary/aromatic N) is 1. The average Bonchev–Trinajstić information content (AvgIpc) is 2.73. The van der Waals surface area contributed by atoms with Gasteiger partial charge in [0, 0.05) is 12.6 Å². The summed E-state index contributed by atoms with van der Waals surface area (Å²) < 4.78 is 0. The molecule has 0 aliphatic carbocycles. The quantitative estimate of drug-likeness (QED) is 0.423. The molecule has 2 amide bonds. The van der Waals surface area contributed by atoms with Crippen LogP contribution in [0.4, 0.5) is 0 Å². The van der Waals surface area contributed by atoms with Crippen molar-refractivity contribution >= 4 is 24.6 Å². The van der Waals surface area contributed by atoms with Gasteiger partial charge in [-0.05, 0) is 30.0 Å². The monoisotopic (exact) mass is 411 g/mol. The molecule has 0 aliphatic heterocycles. The molecule has 0 aliphatic rings. The van der Waals surface area contributed by atoms with Gasteiger partial charge in [0.25, 0.3) is 5.91 Å². The topological polar surface area (TPSA) is 129 Å². The zero-order chi connectivity index (χ0) is 22.1. The SMILES string of the molecule is CC(C)C[C@H](NC(=O)[C@H](Cc1ccccc1)NC(=O)c1ccccn1)C(=O)B(O)O. The van der Waals surface area contributed by atoms with Crippen LogP contribution in [0, 0.1) is 5.92 Å². The van der Waals surface area contributed by atoms with E-state index < -0.39 is 36.7 Å². The van der Waals surface area contributed by atoms with Gasteiger partial charge in [-0.15, -0.1) is 0 Å². The molecule has 1 aromatic heterocycles. The molecule has 9 heteroatoms. The van der Waals surface area contributed by atoms with Crippen molar-refractivity contribution in [2.24, 2.45) is 5.92 Å². The lowest BCUT2D eigenvalue weighted by Gasteiger charge is -2.24. The number of amides is 2. The summed E-state index contributed by atoms with van der Waals surface area (Å²) in [5.41, 5.74) is 0.0726. The Kier molecular flexibility index (Phi) is 8.70. The Morgan fingerprint density at radius 2 is 1.63 bits per heavy atom. The van der Waals surface area contributed by atoms with E-state index in [1.165, 1.54) is 12.3 Å². The molecule has 30 heavy (non-hydrogen) atoms. The van der Waals surface area contributed by atoms with Crippen LogP contribution in [-0.4, -0.2) is 51.7 Å². The number of rotatable bonds is 10. The second kappa shape index (κ2) is 11.2. The number of hydrogen-bond acceptors (Lipinski definition) is 6. The van der Waals surface area contributed by atoms with Crippen LogP contribution in [0.25, 0.3) is 0 Å². The van der Waals surface area contributed by atoms with E-state index in [0.29, 0.717) is 0 Å². The van der Waals surface area contributed by atoms with Crippen LogP contribution in [0.3, 0.4) is 0 Å². The largest absolute Gasteiger partial charge is 0.529 e. The van der Waals surface area contributed by atoms with Crippen LogP contribution in [0.2, 0.25) is 0 Å². The number of benzene rings is 1. The fourth-order valence-electron chi connectivity index (χ4n) is 2.96. The van der Waals surface area contributed by atoms with Crippen molar-refractivity contribution in [2.75, 3.05) is 0 Å². The first-order chi connectivity index (χ1) is 14.3. The van der Waals surface area contributed by atoms with Gasteiger partial charge in [0.2, 0.25) is 5.91 Å². The Morgan fingerprint density at radius 3 is 2.20 bits per heavy atom. The molecule has 2 atom stereocenters. The van der Waals surface area contributed by atoms with Gasteiger partial charge in [-0.1, -0.05) is 50.2 Å². The van der Waals surface area contributed by atoms with E-state index in [0.717, 1.165) is 5.56 Å². The van der Waals surface area contributed by atoms with Crippen molar-refractivity contribution in [1.29, 1.82) is 0 Å². The maximum Gasteiger partial charge on any atom is 0.529 e. The zero-order valence-corrected chi connectivity index (χ0v) is 17.0. The Labute approximate surface area is 175 Å². The van der Waals surface area contributed by atoms with Gasteiger partial charge in [-0.3, -0.25) is 14.6 Å². The van der Waals surface area contributed by atoms with E-state index >= 15 is 0 Å². The molecular formula is C21H26BN3O5. The van der Waals surface area contributed by atoms with Gasteiger partial charge >= 0.3 is 7.12 Å². The van der Waals surface area contributed by atoms with Gasteiger partial charge in [0.15, 0.2) is 5.68 Å². The summed E-state index contributed by atoms with van der Waals surface area (Å²) in [7, 11) is -2.19. The minimum Gasteiger partial charge on any atom is -0.421 e. The van der Waals surface area contributed by atoms with E-state index in [2.05, 4.69) is 15.6 Å². The van der Waals surface area contributed by atoms with Crippen LogP contribution in [0.1, 0.15) is 36.3 Å². The van der Waals surface area contributed by atoms with E-state index in [1.54, 1.807) is 12.1 Å². The van der Waals surface area contributed by atoms with Gasteiger partial charge in [0.1, 0.15) is 11.7 Å². The number of nitrogens with one attached hydrogen (secondary N) is 2. The molecule has 8 nitrogen and oxygen atoms in total.